The third kappa shape index (κ3) is 5.87. The van der Waals surface area contributed by atoms with Crippen molar-refractivity contribution in [2.75, 3.05) is 0 Å². The van der Waals surface area contributed by atoms with Crippen LogP contribution in [0, 0.1) is 11.5 Å². The van der Waals surface area contributed by atoms with Gasteiger partial charge in [0.15, 0.2) is 6.19 Å². The van der Waals surface area contributed by atoms with Crippen LogP contribution in [-0.4, -0.2) is 0 Å². The molecule has 23 heavy (non-hydrogen) atoms. The number of hydrogen-bond donors (Lipinski definition) is 1. The van der Waals surface area contributed by atoms with Crippen LogP contribution in [0.4, 0.5) is 0 Å². The van der Waals surface area contributed by atoms with E-state index >= 15 is 0 Å². The standard InChI is InChI=1S/C15H13Cl2N2O3P/c16-14-5-1-12(2-6-14)9-21-23(20,19-11-18)22-10-13-3-7-15(17)8-4-13/h1-8H,9-10H2,(H,19,20). The van der Waals surface area contributed by atoms with Crippen molar-refractivity contribution in [3.8, 4) is 6.19 Å². The summed E-state index contributed by atoms with van der Waals surface area (Å²) in [4.78, 5) is 0. The van der Waals surface area contributed by atoms with E-state index in [1.165, 1.54) is 0 Å². The third-order valence-corrected chi connectivity index (χ3v) is 4.63. The highest BCUT2D eigenvalue weighted by molar-refractivity contribution is 7.51. The highest BCUT2D eigenvalue weighted by atomic mass is 35.5. The van der Waals surface area contributed by atoms with Gasteiger partial charge >= 0.3 is 7.75 Å². The van der Waals surface area contributed by atoms with Crippen molar-refractivity contribution in [1.82, 2.24) is 5.09 Å². The predicted octanol–water partition coefficient (Wildman–Crippen LogP) is 4.91. The van der Waals surface area contributed by atoms with Crippen LogP contribution >= 0.6 is 30.9 Å². The first-order valence-electron chi connectivity index (χ1n) is 6.55. The minimum absolute atomic E-state index is 0.0176. The minimum atomic E-state index is -3.75. The lowest BCUT2D eigenvalue weighted by Crippen LogP contribution is -2.09. The molecule has 0 spiro atoms. The van der Waals surface area contributed by atoms with Gasteiger partial charge in [0.25, 0.3) is 0 Å². The number of nitriles is 1. The van der Waals surface area contributed by atoms with Crippen molar-refractivity contribution in [2.24, 2.45) is 0 Å². The lowest BCUT2D eigenvalue weighted by molar-refractivity contribution is 0.186. The van der Waals surface area contributed by atoms with Gasteiger partial charge < -0.3 is 0 Å². The molecule has 0 saturated heterocycles. The fourth-order valence-electron chi connectivity index (χ4n) is 1.64. The summed E-state index contributed by atoms with van der Waals surface area (Å²) in [5.41, 5.74) is 1.51. The third-order valence-electron chi connectivity index (χ3n) is 2.82. The molecule has 2 aromatic rings. The fourth-order valence-corrected chi connectivity index (χ4v) is 2.86. The molecule has 2 rings (SSSR count). The van der Waals surface area contributed by atoms with E-state index in [0.717, 1.165) is 11.1 Å². The van der Waals surface area contributed by atoms with Crippen LogP contribution in [0.15, 0.2) is 48.5 Å². The van der Waals surface area contributed by atoms with Crippen LogP contribution in [0.1, 0.15) is 11.1 Å². The molecule has 0 unspecified atom stereocenters. The van der Waals surface area contributed by atoms with E-state index in [1.54, 1.807) is 54.7 Å². The maximum absolute atomic E-state index is 12.5. The Balaban J connectivity index is 1.97. The Morgan fingerprint density at radius 2 is 1.30 bits per heavy atom. The van der Waals surface area contributed by atoms with Crippen molar-refractivity contribution >= 4 is 30.9 Å². The Morgan fingerprint density at radius 3 is 1.65 bits per heavy atom. The van der Waals surface area contributed by atoms with Gasteiger partial charge in [-0.1, -0.05) is 47.5 Å². The topological polar surface area (TPSA) is 71.4 Å². The van der Waals surface area contributed by atoms with Crippen LogP contribution in [-0.2, 0) is 26.8 Å². The molecule has 1 N–H and O–H groups in total. The molecule has 120 valence electrons. The summed E-state index contributed by atoms with van der Waals surface area (Å²) in [7, 11) is -3.75. The van der Waals surface area contributed by atoms with Gasteiger partial charge in [0, 0.05) is 10.0 Å². The molecule has 0 aliphatic heterocycles. The second kappa shape index (κ2) is 8.35. The number of rotatable bonds is 7. The maximum Gasteiger partial charge on any atom is 0.441 e. The van der Waals surface area contributed by atoms with Gasteiger partial charge in [-0.25, -0.2) is 9.65 Å². The monoisotopic (exact) mass is 370 g/mol. The molecule has 0 amide bonds. The smallest absolute Gasteiger partial charge is 0.287 e. The predicted molar refractivity (Wildman–Crippen MR) is 88.8 cm³/mol. The van der Waals surface area contributed by atoms with E-state index in [1.807, 2.05) is 0 Å². The quantitative estimate of drug-likeness (QED) is 0.426. The van der Waals surface area contributed by atoms with Gasteiger partial charge in [-0.3, -0.25) is 9.05 Å². The van der Waals surface area contributed by atoms with Crippen molar-refractivity contribution < 1.29 is 13.6 Å². The molecule has 0 fully saturated rings. The number of halogens is 2. The van der Waals surface area contributed by atoms with Gasteiger partial charge in [0.05, 0.1) is 13.2 Å². The first kappa shape index (κ1) is 17.8. The SMILES string of the molecule is N#CNP(=O)(OCc1ccc(Cl)cc1)OCc1ccc(Cl)cc1. The van der Waals surface area contributed by atoms with Crippen molar-refractivity contribution in [3.05, 3.63) is 69.7 Å². The van der Waals surface area contributed by atoms with E-state index in [0.29, 0.717) is 10.0 Å². The number of benzene rings is 2. The van der Waals surface area contributed by atoms with E-state index in [2.05, 4.69) is 5.09 Å². The molecule has 0 bridgehead atoms. The molecule has 2 aromatic carbocycles. The van der Waals surface area contributed by atoms with Crippen molar-refractivity contribution in [2.45, 2.75) is 13.2 Å². The van der Waals surface area contributed by atoms with Crippen LogP contribution in [0.3, 0.4) is 0 Å². The summed E-state index contributed by atoms with van der Waals surface area (Å²) >= 11 is 11.6. The van der Waals surface area contributed by atoms with E-state index < -0.39 is 7.75 Å². The largest absolute Gasteiger partial charge is 0.441 e. The molecule has 0 radical (unpaired) electrons. The van der Waals surface area contributed by atoms with Crippen LogP contribution < -0.4 is 5.09 Å². The molecule has 0 aliphatic carbocycles. The summed E-state index contributed by atoms with van der Waals surface area (Å²) in [6.07, 6.45) is 1.59. The lowest BCUT2D eigenvalue weighted by atomic mass is 10.2. The second-order valence-corrected chi connectivity index (χ2v) is 7.13. The Bertz CT molecular complexity index is 676. The number of hydrogen-bond acceptors (Lipinski definition) is 4. The molecular formula is C15H13Cl2N2O3P. The molecule has 0 heterocycles. The highest BCUT2D eigenvalue weighted by Crippen LogP contribution is 2.45. The second-order valence-electron chi connectivity index (χ2n) is 4.52. The Labute approximate surface area is 144 Å². The Hall–Kier alpha value is -1.54. The van der Waals surface area contributed by atoms with Gasteiger partial charge in [0.1, 0.15) is 0 Å². The van der Waals surface area contributed by atoms with Crippen molar-refractivity contribution in [3.63, 3.8) is 0 Å². The summed E-state index contributed by atoms with van der Waals surface area (Å²) in [5.74, 6) is 0. The number of nitrogens with zero attached hydrogens (tertiary/aromatic N) is 1. The Kier molecular flexibility index (Phi) is 6.47. The maximum atomic E-state index is 12.5. The first-order chi connectivity index (χ1) is 11.0. The zero-order valence-corrected chi connectivity index (χ0v) is 14.3. The molecule has 0 aromatic heterocycles. The van der Waals surface area contributed by atoms with E-state index in [4.69, 9.17) is 37.5 Å². The molecule has 0 aliphatic rings. The molecule has 5 nitrogen and oxygen atoms in total. The summed E-state index contributed by atoms with van der Waals surface area (Å²) in [5, 5.41) is 12.0. The molecule has 8 heteroatoms. The molecular weight excluding hydrogens is 358 g/mol. The Morgan fingerprint density at radius 1 is 0.913 bits per heavy atom. The zero-order chi connectivity index (χ0) is 16.7. The molecule has 0 atom stereocenters. The first-order valence-corrected chi connectivity index (χ1v) is 8.85. The van der Waals surface area contributed by atoms with E-state index in [-0.39, 0.29) is 13.2 Å². The van der Waals surface area contributed by atoms with Crippen LogP contribution in [0.2, 0.25) is 10.0 Å². The summed E-state index contributed by atoms with van der Waals surface area (Å²) in [6.45, 7) is 0.0352. The normalized spacial score (nSPS) is 11.0. The van der Waals surface area contributed by atoms with E-state index in [9.17, 15) is 4.57 Å². The molecule has 0 saturated carbocycles. The van der Waals surface area contributed by atoms with Crippen molar-refractivity contribution in [1.29, 1.82) is 5.26 Å². The zero-order valence-electron chi connectivity index (χ0n) is 11.9. The summed E-state index contributed by atoms with van der Waals surface area (Å²) in [6, 6.07) is 13.7. The summed E-state index contributed by atoms with van der Waals surface area (Å²) < 4.78 is 23.0. The lowest BCUT2D eigenvalue weighted by Gasteiger charge is -2.16. The van der Waals surface area contributed by atoms with Gasteiger partial charge in [-0.15, -0.1) is 0 Å². The van der Waals surface area contributed by atoms with Crippen LogP contribution in [0.5, 0.6) is 0 Å². The fraction of sp³-hybridized carbons (Fsp3) is 0.133. The average Bonchev–Trinajstić information content (AvgIpc) is 2.54. The van der Waals surface area contributed by atoms with Gasteiger partial charge in [-0.2, -0.15) is 5.26 Å². The van der Waals surface area contributed by atoms with Crippen LogP contribution in [0.25, 0.3) is 0 Å². The minimum Gasteiger partial charge on any atom is -0.287 e. The number of nitrogens with one attached hydrogen (secondary N) is 1. The van der Waals surface area contributed by atoms with Gasteiger partial charge in [-0.05, 0) is 35.4 Å². The average molecular weight is 371 g/mol. The van der Waals surface area contributed by atoms with Gasteiger partial charge in [0.2, 0.25) is 0 Å². The highest BCUT2D eigenvalue weighted by Gasteiger charge is 2.24.